The maximum absolute atomic E-state index is 3.78. The summed E-state index contributed by atoms with van der Waals surface area (Å²) in [6, 6.07) is 4.99. The van der Waals surface area contributed by atoms with Gasteiger partial charge in [0, 0.05) is 10.9 Å². The van der Waals surface area contributed by atoms with Crippen LogP contribution in [0.3, 0.4) is 0 Å². The molecule has 1 N–H and O–H groups in total. The van der Waals surface area contributed by atoms with Gasteiger partial charge in [0.1, 0.15) is 0 Å². The topological polar surface area (TPSA) is 12.0 Å². The van der Waals surface area contributed by atoms with Gasteiger partial charge in [-0.3, -0.25) is 0 Å². The average Bonchev–Trinajstić information content (AvgIpc) is 2.86. The molecule has 0 spiro atoms. The van der Waals surface area contributed by atoms with Crippen LogP contribution in [0.25, 0.3) is 0 Å². The number of hydrogen-bond acceptors (Lipinski definition) is 2. The van der Waals surface area contributed by atoms with Crippen molar-refractivity contribution >= 4 is 11.3 Å². The molecule has 0 amide bonds. The quantitative estimate of drug-likeness (QED) is 0.805. The predicted molar refractivity (Wildman–Crippen MR) is 76.5 cm³/mol. The Hall–Kier alpha value is -0.340. The van der Waals surface area contributed by atoms with Crippen LogP contribution in [0.1, 0.15) is 56.9 Å². The van der Waals surface area contributed by atoms with Gasteiger partial charge in [-0.1, -0.05) is 39.2 Å². The second-order valence-corrected chi connectivity index (χ2v) is 6.39. The second kappa shape index (κ2) is 6.55. The lowest BCUT2D eigenvalue weighted by Gasteiger charge is -2.30. The van der Waals surface area contributed by atoms with Gasteiger partial charge in [-0.05, 0) is 42.7 Å². The Morgan fingerprint density at radius 3 is 2.88 bits per heavy atom. The normalized spacial score (nSPS) is 26.9. The third-order valence-corrected chi connectivity index (χ3v) is 5.20. The smallest absolute Gasteiger partial charge is 0.0412 e. The van der Waals surface area contributed by atoms with Crippen LogP contribution in [-0.2, 0) is 0 Å². The maximum atomic E-state index is 3.78. The van der Waals surface area contributed by atoms with Crippen molar-refractivity contribution in [1.29, 1.82) is 0 Å². The second-order valence-electron chi connectivity index (χ2n) is 5.41. The molecule has 1 saturated carbocycles. The molecule has 1 fully saturated rings. The summed E-state index contributed by atoms with van der Waals surface area (Å²) in [5, 5.41) is 5.97. The van der Waals surface area contributed by atoms with Gasteiger partial charge in [0.05, 0.1) is 0 Å². The molecule has 2 rings (SSSR count). The van der Waals surface area contributed by atoms with Gasteiger partial charge in [-0.2, -0.15) is 0 Å². The minimum atomic E-state index is 0.573. The lowest BCUT2D eigenvalue weighted by atomic mass is 9.80. The van der Waals surface area contributed by atoms with E-state index in [4.69, 9.17) is 0 Å². The standard InChI is InChI=1S/C15H25NS/c1-3-14(15-9-6-10-17-15)16-11-13-8-5-4-7-12(13)2/h6,9-10,12-14,16H,3-5,7-8,11H2,1-2H3. The Morgan fingerprint density at radius 2 is 2.24 bits per heavy atom. The summed E-state index contributed by atoms with van der Waals surface area (Å²) in [4.78, 5) is 1.50. The first-order chi connectivity index (χ1) is 8.31. The summed E-state index contributed by atoms with van der Waals surface area (Å²) in [6.45, 7) is 5.91. The molecule has 0 saturated heterocycles. The zero-order valence-corrected chi connectivity index (χ0v) is 11.9. The van der Waals surface area contributed by atoms with Gasteiger partial charge in [-0.15, -0.1) is 11.3 Å². The molecule has 1 aliphatic carbocycles. The summed E-state index contributed by atoms with van der Waals surface area (Å²) < 4.78 is 0. The molecule has 96 valence electrons. The van der Waals surface area contributed by atoms with Gasteiger partial charge in [0.25, 0.3) is 0 Å². The summed E-state index contributed by atoms with van der Waals surface area (Å²) >= 11 is 1.88. The Morgan fingerprint density at radius 1 is 1.41 bits per heavy atom. The highest BCUT2D eigenvalue weighted by Gasteiger charge is 2.22. The van der Waals surface area contributed by atoms with Crippen molar-refractivity contribution in [2.45, 2.75) is 52.0 Å². The molecule has 2 heteroatoms. The van der Waals surface area contributed by atoms with E-state index in [1.54, 1.807) is 0 Å². The third-order valence-electron chi connectivity index (χ3n) is 4.21. The molecule has 1 nitrogen and oxygen atoms in total. The highest BCUT2D eigenvalue weighted by atomic mass is 32.1. The molecule has 3 atom stereocenters. The summed E-state index contributed by atoms with van der Waals surface area (Å²) in [5.41, 5.74) is 0. The van der Waals surface area contributed by atoms with Crippen LogP contribution in [0.4, 0.5) is 0 Å². The molecule has 0 radical (unpaired) electrons. The number of rotatable bonds is 5. The van der Waals surface area contributed by atoms with E-state index < -0.39 is 0 Å². The van der Waals surface area contributed by atoms with Crippen LogP contribution >= 0.6 is 11.3 Å². The van der Waals surface area contributed by atoms with Crippen LogP contribution in [0.15, 0.2) is 17.5 Å². The highest BCUT2D eigenvalue weighted by Crippen LogP contribution is 2.30. The Labute approximate surface area is 110 Å². The first kappa shape index (κ1) is 13.1. The van der Waals surface area contributed by atoms with E-state index in [9.17, 15) is 0 Å². The van der Waals surface area contributed by atoms with Crippen molar-refractivity contribution in [2.24, 2.45) is 11.8 Å². The van der Waals surface area contributed by atoms with Gasteiger partial charge >= 0.3 is 0 Å². The minimum absolute atomic E-state index is 0.573. The first-order valence-corrected chi connectivity index (χ1v) is 7.96. The number of thiophene rings is 1. The summed E-state index contributed by atoms with van der Waals surface area (Å²) in [6.07, 6.45) is 6.94. The van der Waals surface area contributed by atoms with Crippen LogP contribution in [-0.4, -0.2) is 6.54 Å². The highest BCUT2D eigenvalue weighted by molar-refractivity contribution is 7.10. The fraction of sp³-hybridized carbons (Fsp3) is 0.733. The molecular formula is C15H25NS. The summed E-state index contributed by atoms with van der Waals surface area (Å²) in [7, 11) is 0. The third kappa shape index (κ3) is 3.56. The van der Waals surface area contributed by atoms with Gasteiger partial charge in [0.15, 0.2) is 0 Å². The van der Waals surface area contributed by atoms with E-state index in [0.717, 1.165) is 11.8 Å². The van der Waals surface area contributed by atoms with Crippen molar-refractivity contribution < 1.29 is 0 Å². The molecule has 17 heavy (non-hydrogen) atoms. The van der Waals surface area contributed by atoms with Crippen molar-refractivity contribution in [3.63, 3.8) is 0 Å². The lowest BCUT2D eigenvalue weighted by Crippen LogP contribution is -2.31. The minimum Gasteiger partial charge on any atom is -0.309 e. The SMILES string of the molecule is CCC(NCC1CCCCC1C)c1cccs1. The molecule has 0 aliphatic heterocycles. The zero-order chi connectivity index (χ0) is 12.1. The van der Waals surface area contributed by atoms with E-state index in [2.05, 4.69) is 36.7 Å². The molecule has 1 heterocycles. The van der Waals surface area contributed by atoms with Gasteiger partial charge < -0.3 is 5.32 Å². The van der Waals surface area contributed by atoms with E-state index in [1.165, 1.54) is 43.5 Å². The van der Waals surface area contributed by atoms with E-state index in [-0.39, 0.29) is 0 Å². The molecule has 3 unspecified atom stereocenters. The Bertz CT molecular complexity index is 307. The summed E-state index contributed by atoms with van der Waals surface area (Å²) in [5.74, 6) is 1.81. The van der Waals surface area contributed by atoms with Crippen molar-refractivity contribution in [3.05, 3.63) is 22.4 Å². The van der Waals surface area contributed by atoms with Crippen LogP contribution < -0.4 is 5.32 Å². The number of hydrogen-bond donors (Lipinski definition) is 1. The van der Waals surface area contributed by atoms with Crippen molar-refractivity contribution in [1.82, 2.24) is 5.32 Å². The molecule has 0 bridgehead atoms. The molecular weight excluding hydrogens is 226 g/mol. The van der Waals surface area contributed by atoms with E-state index >= 15 is 0 Å². The monoisotopic (exact) mass is 251 g/mol. The largest absolute Gasteiger partial charge is 0.309 e. The Kier molecular flexibility index (Phi) is 5.05. The van der Waals surface area contributed by atoms with Gasteiger partial charge in [-0.25, -0.2) is 0 Å². The molecule has 1 aliphatic rings. The lowest BCUT2D eigenvalue weighted by molar-refractivity contribution is 0.240. The fourth-order valence-electron chi connectivity index (χ4n) is 2.93. The first-order valence-electron chi connectivity index (χ1n) is 7.08. The average molecular weight is 251 g/mol. The number of nitrogens with one attached hydrogen (secondary N) is 1. The van der Waals surface area contributed by atoms with Crippen molar-refractivity contribution in [2.75, 3.05) is 6.54 Å². The Balaban J connectivity index is 1.83. The molecule has 1 aromatic rings. The van der Waals surface area contributed by atoms with Crippen molar-refractivity contribution in [3.8, 4) is 0 Å². The zero-order valence-electron chi connectivity index (χ0n) is 11.1. The molecule has 0 aromatic carbocycles. The maximum Gasteiger partial charge on any atom is 0.0412 e. The van der Waals surface area contributed by atoms with Crippen LogP contribution in [0.2, 0.25) is 0 Å². The molecule has 1 aromatic heterocycles. The van der Waals surface area contributed by atoms with Crippen LogP contribution in [0.5, 0.6) is 0 Å². The van der Waals surface area contributed by atoms with E-state index in [1.807, 2.05) is 11.3 Å². The van der Waals surface area contributed by atoms with Gasteiger partial charge in [0.2, 0.25) is 0 Å². The van der Waals surface area contributed by atoms with Crippen LogP contribution in [0, 0.1) is 11.8 Å². The fourth-order valence-corrected chi connectivity index (χ4v) is 3.81. The van der Waals surface area contributed by atoms with E-state index in [0.29, 0.717) is 6.04 Å². The predicted octanol–water partition coefficient (Wildman–Crippen LogP) is 4.62.